The Kier molecular flexibility index (Phi) is 7.55. The molecular formula is C29H26N4O5S. The van der Waals surface area contributed by atoms with Crippen LogP contribution < -0.4 is 10.6 Å². The molecule has 9 nitrogen and oxygen atoms in total. The van der Waals surface area contributed by atoms with E-state index in [4.69, 9.17) is 16.6 Å². The van der Waals surface area contributed by atoms with Crippen LogP contribution in [0.3, 0.4) is 0 Å². The minimum atomic E-state index is -1.22. The highest BCUT2D eigenvalue weighted by atomic mass is 32.1. The number of anilines is 1. The molecule has 1 aliphatic heterocycles. The van der Waals surface area contributed by atoms with Crippen LogP contribution in [0.1, 0.15) is 50.7 Å². The Morgan fingerprint density at radius 2 is 1.69 bits per heavy atom. The molecule has 1 fully saturated rings. The van der Waals surface area contributed by atoms with E-state index in [-0.39, 0.29) is 23.2 Å². The van der Waals surface area contributed by atoms with Gasteiger partial charge in [0.15, 0.2) is 5.11 Å². The molecule has 2 aromatic carbocycles. The highest BCUT2D eigenvalue weighted by Gasteiger charge is 2.41. The summed E-state index contributed by atoms with van der Waals surface area (Å²) in [4.78, 5) is 29.8. The smallest absolute Gasteiger partial charge is 0.335 e. The van der Waals surface area contributed by atoms with Crippen LogP contribution in [-0.2, 0) is 0 Å². The summed E-state index contributed by atoms with van der Waals surface area (Å²) in [7, 11) is 0. The molecule has 3 heterocycles. The van der Waals surface area contributed by atoms with E-state index in [1.54, 1.807) is 12.3 Å². The van der Waals surface area contributed by atoms with E-state index in [9.17, 15) is 19.8 Å². The van der Waals surface area contributed by atoms with Gasteiger partial charge in [-0.15, -0.1) is 0 Å². The van der Waals surface area contributed by atoms with Crippen molar-refractivity contribution in [2.75, 3.05) is 18.4 Å². The van der Waals surface area contributed by atoms with Crippen LogP contribution in [0, 0.1) is 0 Å². The fourth-order valence-corrected chi connectivity index (χ4v) is 5.01. The largest absolute Gasteiger partial charge is 0.478 e. The monoisotopic (exact) mass is 542 g/mol. The Morgan fingerprint density at radius 1 is 0.974 bits per heavy atom. The molecular weight excluding hydrogens is 516 g/mol. The number of pyridine rings is 1. The van der Waals surface area contributed by atoms with Gasteiger partial charge in [-0.1, -0.05) is 24.3 Å². The summed E-state index contributed by atoms with van der Waals surface area (Å²) in [6.45, 7) is 1.39. The number of aromatic carboxylic acids is 2. The fraction of sp³-hybridized carbons (Fsp3) is 0.172. The third kappa shape index (κ3) is 5.75. The molecule has 0 spiro atoms. The number of aromatic nitrogens is 1. The number of benzene rings is 2. The first-order valence-corrected chi connectivity index (χ1v) is 12.8. The Morgan fingerprint density at radius 3 is 2.36 bits per heavy atom. The van der Waals surface area contributed by atoms with Gasteiger partial charge in [-0.25, -0.2) is 9.59 Å². The standard InChI is InChI=1S/C29H26N4O5S/c34-27(35)19-15-18(16-20(17-19)28(36)37)23-10-11-24(38-23)26-25(22-9-4-5-12-31-22)32-29(39)33(26)14-6-13-30-21-7-2-1-3-8-21/h1-5,7-12,15-17,25-26,30H,6,13-14H2,(H,32,39)(H,34,35)(H,36,37)/t25-,26-/m1/s1. The molecule has 0 unspecified atom stereocenters. The second kappa shape index (κ2) is 11.4. The number of thiocarbonyl (C=S) groups is 1. The summed E-state index contributed by atoms with van der Waals surface area (Å²) in [6, 6.07) is 22.5. The van der Waals surface area contributed by atoms with Crippen molar-refractivity contribution in [2.45, 2.75) is 18.5 Å². The van der Waals surface area contributed by atoms with Gasteiger partial charge in [0.1, 0.15) is 17.6 Å². The number of rotatable bonds is 10. The minimum Gasteiger partial charge on any atom is -0.478 e. The predicted molar refractivity (Wildman–Crippen MR) is 150 cm³/mol. The molecule has 198 valence electrons. The highest BCUT2D eigenvalue weighted by molar-refractivity contribution is 7.80. The van der Waals surface area contributed by atoms with Crippen LogP contribution in [0.5, 0.6) is 0 Å². The topological polar surface area (TPSA) is 128 Å². The molecule has 0 saturated carbocycles. The lowest BCUT2D eigenvalue weighted by atomic mass is 10.0. The zero-order valence-corrected chi connectivity index (χ0v) is 21.6. The molecule has 5 rings (SSSR count). The lowest BCUT2D eigenvalue weighted by Crippen LogP contribution is -2.31. The number of nitrogens with one attached hydrogen (secondary N) is 2. The van der Waals surface area contributed by atoms with Crippen molar-refractivity contribution in [3.8, 4) is 11.3 Å². The lowest BCUT2D eigenvalue weighted by Gasteiger charge is -2.26. The average molecular weight is 543 g/mol. The second-order valence-electron chi connectivity index (χ2n) is 9.08. The van der Waals surface area contributed by atoms with Crippen molar-refractivity contribution in [3.05, 3.63) is 108 Å². The summed E-state index contributed by atoms with van der Waals surface area (Å²) < 4.78 is 6.26. The van der Waals surface area contributed by atoms with Gasteiger partial charge in [-0.2, -0.15) is 0 Å². The first-order chi connectivity index (χ1) is 18.9. The predicted octanol–water partition coefficient (Wildman–Crippen LogP) is 5.21. The molecule has 0 bridgehead atoms. The zero-order chi connectivity index (χ0) is 27.4. The average Bonchev–Trinajstić information content (AvgIpc) is 3.56. The van der Waals surface area contributed by atoms with Gasteiger partial charge >= 0.3 is 11.9 Å². The van der Waals surface area contributed by atoms with Crippen LogP contribution in [0.4, 0.5) is 5.69 Å². The van der Waals surface area contributed by atoms with Crippen molar-refractivity contribution in [1.29, 1.82) is 0 Å². The molecule has 4 aromatic rings. The number of carbonyl (C=O) groups is 2. The summed E-state index contributed by atoms with van der Waals surface area (Å²) in [5, 5.41) is 26.3. The van der Waals surface area contributed by atoms with E-state index in [0.29, 0.717) is 28.7 Å². The molecule has 1 aliphatic rings. The van der Waals surface area contributed by atoms with E-state index in [1.807, 2.05) is 54.6 Å². The number of hydrogen-bond acceptors (Lipinski definition) is 6. The molecule has 10 heteroatoms. The lowest BCUT2D eigenvalue weighted by molar-refractivity contribution is 0.0696. The molecule has 2 atom stereocenters. The second-order valence-corrected chi connectivity index (χ2v) is 9.46. The Bertz CT molecular complexity index is 1460. The van der Waals surface area contributed by atoms with Gasteiger partial charge < -0.3 is 30.2 Å². The SMILES string of the molecule is O=C(O)c1cc(C(=O)O)cc(-c2ccc([C@@H]3[C@@H](c4ccccn4)NC(=S)N3CCCNc3ccccc3)o2)c1. The van der Waals surface area contributed by atoms with Gasteiger partial charge in [0, 0.05) is 30.5 Å². The van der Waals surface area contributed by atoms with E-state index in [2.05, 4.69) is 20.5 Å². The van der Waals surface area contributed by atoms with Crippen molar-refractivity contribution < 1.29 is 24.2 Å². The number of nitrogens with zero attached hydrogens (tertiary/aromatic N) is 2. The Balaban J connectivity index is 1.43. The minimum absolute atomic E-state index is 0.134. The molecule has 0 aliphatic carbocycles. The van der Waals surface area contributed by atoms with Crippen LogP contribution >= 0.6 is 12.2 Å². The van der Waals surface area contributed by atoms with E-state index < -0.39 is 11.9 Å². The fourth-order valence-electron chi connectivity index (χ4n) is 4.68. The number of furan rings is 1. The van der Waals surface area contributed by atoms with Gasteiger partial charge in [0.05, 0.1) is 22.9 Å². The Labute approximate surface area is 230 Å². The zero-order valence-electron chi connectivity index (χ0n) is 20.8. The van der Waals surface area contributed by atoms with Gasteiger partial charge in [-0.3, -0.25) is 4.98 Å². The van der Waals surface area contributed by atoms with Crippen LogP contribution in [0.2, 0.25) is 0 Å². The molecule has 0 radical (unpaired) electrons. The quantitative estimate of drug-likeness (QED) is 0.157. The third-order valence-electron chi connectivity index (χ3n) is 6.51. The van der Waals surface area contributed by atoms with Crippen molar-refractivity contribution in [2.24, 2.45) is 0 Å². The summed E-state index contributed by atoms with van der Waals surface area (Å²) in [5.41, 5.74) is 1.94. The number of carboxylic acid groups (broad SMARTS) is 2. The van der Waals surface area contributed by atoms with E-state index >= 15 is 0 Å². The normalized spacial score (nSPS) is 16.6. The van der Waals surface area contributed by atoms with Gasteiger partial charge in [0.25, 0.3) is 0 Å². The Hall–Kier alpha value is -4.70. The molecule has 39 heavy (non-hydrogen) atoms. The van der Waals surface area contributed by atoms with Gasteiger partial charge in [-0.05, 0) is 73.2 Å². The first kappa shape index (κ1) is 25.9. The molecule has 2 aromatic heterocycles. The maximum atomic E-state index is 11.6. The van der Waals surface area contributed by atoms with Crippen LogP contribution in [0.15, 0.2) is 89.5 Å². The van der Waals surface area contributed by atoms with E-state index in [0.717, 1.165) is 30.4 Å². The molecule has 4 N–H and O–H groups in total. The maximum Gasteiger partial charge on any atom is 0.335 e. The summed E-state index contributed by atoms with van der Waals surface area (Å²) >= 11 is 5.72. The van der Waals surface area contributed by atoms with Gasteiger partial charge in [0.2, 0.25) is 0 Å². The van der Waals surface area contributed by atoms with Crippen molar-refractivity contribution in [3.63, 3.8) is 0 Å². The number of para-hydroxylation sites is 1. The summed E-state index contributed by atoms with van der Waals surface area (Å²) in [6.07, 6.45) is 2.53. The first-order valence-electron chi connectivity index (χ1n) is 12.4. The third-order valence-corrected chi connectivity index (χ3v) is 6.86. The highest BCUT2D eigenvalue weighted by Crippen LogP contribution is 2.40. The van der Waals surface area contributed by atoms with Crippen LogP contribution in [0.25, 0.3) is 11.3 Å². The number of carboxylic acids is 2. The maximum absolute atomic E-state index is 11.6. The molecule has 0 amide bonds. The number of hydrogen-bond donors (Lipinski definition) is 4. The van der Waals surface area contributed by atoms with Crippen molar-refractivity contribution >= 4 is 35.0 Å². The van der Waals surface area contributed by atoms with Crippen LogP contribution in [-0.4, -0.2) is 50.2 Å². The van der Waals surface area contributed by atoms with Crippen molar-refractivity contribution in [1.82, 2.24) is 15.2 Å². The summed E-state index contributed by atoms with van der Waals surface area (Å²) in [5.74, 6) is -1.48. The van der Waals surface area contributed by atoms with E-state index in [1.165, 1.54) is 12.1 Å². The molecule has 1 saturated heterocycles.